The molecule has 0 fully saturated rings. The molecule has 0 radical (unpaired) electrons. The van der Waals surface area contributed by atoms with Crippen LogP contribution in [0, 0.1) is 0 Å². The van der Waals surface area contributed by atoms with Crippen LogP contribution in [0.5, 0.6) is 0 Å². The quantitative estimate of drug-likeness (QED) is 0.366. The van der Waals surface area contributed by atoms with Gasteiger partial charge in [0, 0.05) is 5.92 Å². The molecule has 0 aliphatic heterocycles. The average Bonchev–Trinajstić information content (AvgIpc) is 2.54. The van der Waals surface area contributed by atoms with Gasteiger partial charge in [0.1, 0.15) is 6.29 Å². The minimum Gasteiger partial charge on any atom is -0.303 e. The molecule has 0 aromatic heterocycles. The number of carbonyl (C=O) groups is 1. The molecular weight excluding hydrogens is 256 g/mol. The van der Waals surface area contributed by atoms with Gasteiger partial charge in [-0.1, -0.05) is 55.5 Å². The molecule has 1 nitrogen and oxygen atoms in total. The molecular formula is C20H16O. The SMILES string of the molecule is CCC(C=O)c1cc2cccc3ccc4cccc1c4c32. The lowest BCUT2D eigenvalue weighted by Gasteiger charge is -2.17. The lowest BCUT2D eigenvalue weighted by molar-refractivity contribution is -0.109. The van der Waals surface area contributed by atoms with Crippen molar-refractivity contribution in [3.8, 4) is 0 Å². The van der Waals surface area contributed by atoms with Crippen LogP contribution in [-0.2, 0) is 4.79 Å². The van der Waals surface area contributed by atoms with Crippen molar-refractivity contribution in [1.29, 1.82) is 0 Å². The third kappa shape index (κ3) is 1.67. The van der Waals surface area contributed by atoms with E-state index in [1.807, 2.05) is 0 Å². The molecule has 4 rings (SSSR count). The summed E-state index contributed by atoms with van der Waals surface area (Å²) >= 11 is 0. The van der Waals surface area contributed by atoms with Gasteiger partial charge in [-0.15, -0.1) is 0 Å². The van der Waals surface area contributed by atoms with Gasteiger partial charge in [-0.2, -0.15) is 0 Å². The fourth-order valence-electron chi connectivity index (χ4n) is 3.49. The van der Waals surface area contributed by atoms with E-state index in [9.17, 15) is 4.79 Å². The van der Waals surface area contributed by atoms with Crippen LogP contribution in [-0.4, -0.2) is 6.29 Å². The number of rotatable bonds is 3. The Labute approximate surface area is 123 Å². The summed E-state index contributed by atoms with van der Waals surface area (Å²) in [6.07, 6.45) is 1.92. The van der Waals surface area contributed by atoms with Crippen LogP contribution >= 0.6 is 0 Å². The lowest BCUT2D eigenvalue weighted by Crippen LogP contribution is -2.00. The van der Waals surface area contributed by atoms with E-state index in [1.54, 1.807) is 0 Å². The minimum absolute atomic E-state index is 0.0285. The average molecular weight is 272 g/mol. The van der Waals surface area contributed by atoms with Gasteiger partial charge in [-0.05, 0) is 50.4 Å². The molecule has 0 saturated carbocycles. The normalized spacial score (nSPS) is 13.2. The highest BCUT2D eigenvalue weighted by molar-refractivity contribution is 6.24. The van der Waals surface area contributed by atoms with Crippen LogP contribution in [0.4, 0.5) is 0 Å². The number of aldehydes is 1. The van der Waals surface area contributed by atoms with Gasteiger partial charge in [0.15, 0.2) is 0 Å². The fraction of sp³-hybridized carbons (Fsp3) is 0.150. The maximum Gasteiger partial charge on any atom is 0.127 e. The van der Waals surface area contributed by atoms with Crippen LogP contribution in [0.1, 0.15) is 24.8 Å². The van der Waals surface area contributed by atoms with E-state index in [0.717, 1.165) is 18.3 Å². The van der Waals surface area contributed by atoms with Crippen molar-refractivity contribution in [2.45, 2.75) is 19.3 Å². The standard InChI is InChI=1S/C20H16O/c1-2-13(12-21)18-11-16-7-3-5-14-9-10-15-6-4-8-17(18)20(15)19(14)16/h3-13H,2H2,1H3. The summed E-state index contributed by atoms with van der Waals surface area (Å²) in [6, 6.07) is 19.3. The van der Waals surface area contributed by atoms with Gasteiger partial charge in [-0.3, -0.25) is 0 Å². The summed E-state index contributed by atoms with van der Waals surface area (Å²) in [6.45, 7) is 2.07. The minimum atomic E-state index is -0.0285. The van der Waals surface area contributed by atoms with Crippen molar-refractivity contribution in [1.82, 2.24) is 0 Å². The summed E-state index contributed by atoms with van der Waals surface area (Å²) in [5, 5.41) is 7.57. The monoisotopic (exact) mass is 272 g/mol. The predicted octanol–water partition coefficient (Wildman–Crippen LogP) is 5.28. The zero-order valence-electron chi connectivity index (χ0n) is 12.0. The van der Waals surface area contributed by atoms with Crippen molar-refractivity contribution in [3.63, 3.8) is 0 Å². The molecule has 21 heavy (non-hydrogen) atoms. The van der Waals surface area contributed by atoms with Crippen molar-refractivity contribution in [2.24, 2.45) is 0 Å². The maximum atomic E-state index is 11.5. The van der Waals surface area contributed by atoms with Crippen LogP contribution in [0.15, 0.2) is 54.6 Å². The highest BCUT2D eigenvalue weighted by Gasteiger charge is 2.16. The molecule has 1 unspecified atom stereocenters. The molecule has 0 saturated heterocycles. The maximum absolute atomic E-state index is 11.5. The number of hydrogen-bond acceptors (Lipinski definition) is 1. The third-order valence-electron chi connectivity index (χ3n) is 4.54. The smallest absolute Gasteiger partial charge is 0.127 e. The first-order valence-corrected chi connectivity index (χ1v) is 7.45. The Morgan fingerprint density at radius 3 is 2.29 bits per heavy atom. The highest BCUT2D eigenvalue weighted by atomic mass is 16.1. The summed E-state index contributed by atoms with van der Waals surface area (Å²) in [7, 11) is 0. The van der Waals surface area contributed by atoms with Gasteiger partial charge in [-0.25, -0.2) is 0 Å². The summed E-state index contributed by atoms with van der Waals surface area (Å²) < 4.78 is 0. The van der Waals surface area contributed by atoms with E-state index in [4.69, 9.17) is 0 Å². The second kappa shape index (κ2) is 4.56. The Balaban J connectivity index is 2.28. The van der Waals surface area contributed by atoms with E-state index < -0.39 is 0 Å². The van der Waals surface area contributed by atoms with Crippen LogP contribution < -0.4 is 0 Å². The predicted molar refractivity (Wildman–Crippen MR) is 89.2 cm³/mol. The van der Waals surface area contributed by atoms with E-state index in [2.05, 4.69) is 61.5 Å². The first-order chi connectivity index (χ1) is 10.3. The highest BCUT2D eigenvalue weighted by Crippen LogP contribution is 2.38. The largest absolute Gasteiger partial charge is 0.303 e. The topological polar surface area (TPSA) is 17.1 Å². The third-order valence-corrected chi connectivity index (χ3v) is 4.54. The zero-order valence-corrected chi connectivity index (χ0v) is 12.0. The lowest BCUT2D eigenvalue weighted by atomic mass is 9.86. The van der Waals surface area contributed by atoms with Crippen molar-refractivity contribution < 1.29 is 4.79 Å². The molecule has 102 valence electrons. The second-order valence-electron chi connectivity index (χ2n) is 5.67. The van der Waals surface area contributed by atoms with Gasteiger partial charge in [0.25, 0.3) is 0 Å². The van der Waals surface area contributed by atoms with Crippen LogP contribution in [0.2, 0.25) is 0 Å². The first-order valence-electron chi connectivity index (χ1n) is 7.45. The van der Waals surface area contributed by atoms with Gasteiger partial charge in [0.2, 0.25) is 0 Å². The molecule has 4 aromatic carbocycles. The van der Waals surface area contributed by atoms with Gasteiger partial charge >= 0.3 is 0 Å². The van der Waals surface area contributed by atoms with Crippen LogP contribution in [0.25, 0.3) is 32.3 Å². The Morgan fingerprint density at radius 1 is 0.905 bits per heavy atom. The summed E-state index contributed by atoms with van der Waals surface area (Å²) in [4.78, 5) is 11.5. The van der Waals surface area contributed by atoms with Crippen LogP contribution in [0.3, 0.4) is 0 Å². The molecule has 0 spiro atoms. The molecule has 4 aromatic rings. The van der Waals surface area contributed by atoms with E-state index >= 15 is 0 Å². The van der Waals surface area contributed by atoms with E-state index in [-0.39, 0.29) is 5.92 Å². The molecule has 1 atom stereocenters. The molecule has 0 aliphatic rings. The Hall–Kier alpha value is -2.41. The van der Waals surface area contributed by atoms with Crippen molar-refractivity contribution >= 4 is 38.6 Å². The molecule has 1 heteroatoms. The second-order valence-corrected chi connectivity index (χ2v) is 5.67. The molecule has 0 heterocycles. The Kier molecular flexibility index (Phi) is 2.68. The number of carbonyl (C=O) groups excluding carboxylic acids is 1. The van der Waals surface area contributed by atoms with Crippen molar-refractivity contribution in [3.05, 3.63) is 60.2 Å². The molecule has 0 aliphatic carbocycles. The Bertz CT molecular complexity index is 952. The van der Waals surface area contributed by atoms with Crippen molar-refractivity contribution in [2.75, 3.05) is 0 Å². The number of benzene rings is 4. The molecule has 0 N–H and O–H groups in total. The first kappa shape index (κ1) is 12.3. The Morgan fingerprint density at radius 2 is 1.57 bits per heavy atom. The van der Waals surface area contributed by atoms with E-state index in [1.165, 1.54) is 32.3 Å². The zero-order chi connectivity index (χ0) is 14.4. The van der Waals surface area contributed by atoms with Gasteiger partial charge < -0.3 is 4.79 Å². The number of hydrogen-bond donors (Lipinski definition) is 0. The van der Waals surface area contributed by atoms with E-state index in [0.29, 0.717) is 0 Å². The summed E-state index contributed by atoms with van der Waals surface area (Å²) in [5.41, 5.74) is 1.16. The fourth-order valence-corrected chi connectivity index (χ4v) is 3.49. The van der Waals surface area contributed by atoms with Gasteiger partial charge in [0.05, 0.1) is 0 Å². The summed E-state index contributed by atoms with van der Waals surface area (Å²) in [5.74, 6) is -0.0285. The molecule has 0 bridgehead atoms. The molecule has 0 amide bonds.